The van der Waals surface area contributed by atoms with Crippen molar-refractivity contribution in [2.24, 2.45) is 0 Å². The highest BCUT2D eigenvalue weighted by Gasteiger charge is 2.38. The van der Waals surface area contributed by atoms with E-state index >= 15 is 0 Å². The third kappa shape index (κ3) is 4.58. The van der Waals surface area contributed by atoms with Gasteiger partial charge in [0.25, 0.3) is 0 Å². The standard InChI is InChI=1S/C56H41NS/c1-55(2)47-24-14-12-20-40(47)42-28-26-36(32-49(42)55)57(37-27-29-43-41-21-13-15-25-48(41)56(3,4)50(43)33-37)51-31-35(34-16-6-5-7-17-34)30-46-52-44-22-10-8-18-38(44)39-19-9-11-23-45(39)54(52)58-53(46)51/h5-33H,1-4H3. The molecule has 9 aromatic carbocycles. The van der Waals surface area contributed by atoms with E-state index in [-0.39, 0.29) is 10.8 Å². The molecule has 1 heterocycles. The first-order valence-electron chi connectivity index (χ1n) is 20.4. The topological polar surface area (TPSA) is 3.24 Å². The average Bonchev–Trinajstić information content (AvgIpc) is 3.85. The van der Waals surface area contributed by atoms with E-state index in [9.17, 15) is 0 Å². The Balaban J connectivity index is 1.20. The number of benzene rings is 9. The zero-order valence-corrected chi connectivity index (χ0v) is 33.9. The van der Waals surface area contributed by atoms with Crippen molar-refractivity contribution in [3.8, 4) is 33.4 Å². The van der Waals surface area contributed by atoms with E-state index in [0.717, 1.165) is 0 Å². The van der Waals surface area contributed by atoms with Gasteiger partial charge in [0, 0.05) is 43.1 Å². The van der Waals surface area contributed by atoms with Gasteiger partial charge in [0.05, 0.1) is 10.4 Å². The Hall–Kier alpha value is -6.48. The molecule has 12 rings (SSSR count). The van der Waals surface area contributed by atoms with Crippen LogP contribution in [0.25, 0.3) is 75.1 Å². The van der Waals surface area contributed by atoms with Crippen LogP contribution in [0.15, 0.2) is 176 Å². The van der Waals surface area contributed by atoms with Crippen LogP contribution >= 0.6 is 11.3 Å². The minimum Gasteiger partial charge on any atom is -0.309 e. The lowest BCUT2D eigenvalue weighted by Crippen LogP contribution is -2.18. The van der Waals surface area contributed by atoms with Gasteiger partial charge >= 0.3 is 0 Å². The molecule has 0 atom stereocenters. The summed E-state index contributed by atoms with van der Waals surface area (Å²) in [5, 5.41) is 7.86. The molecule has 1 nitrogen and oxygen atoms in total. The lowest BCUT2D eigenvalue weighted by Gasteiger charge is -2.30. The lowest BCUT2D eigenvalue weighted by atomic mass is 9.82. The Morgan fingerprint density at radius 3 is 1.45 bits per heavy atom. The van der Waals surface area contributed by atoms with E-state index in [1.807, 2.05) is 11.3 Å². The maximum atomic E-state index is 2.58. The molecule has 0 aliphatic heterocycles. The third-order valence-electron chi connectivity index (χ3n) is 13.4. The van der Waals surface area contributed by atoms with E-state index in [1.165, 1.54) is 114 Å². The zero-order valence-electron chi connectivity index (χ0n) is 33.1. The Kier molecular flexibility index (Phi) is 6.97. The minimum absolute atomic E-state index is 0.133. The van der Waals surface area contributed by atoms with Crippen LogP contribution in [0.1, 0.15) is 49.9 Å². The van der Waals surface area contributed by atoms with Crippen LogP contribution in [0.4, 0.5) is 17.1 Å². The maximum Gasteiger partial charge on any atom is 0.0646 e. The van der Waals surface area contributed by atoms with Crippen molar-refractivity contribution >= 4 is 70.1 Å². The summed E-state index contributed by atoms with van der Waals surface area (Å²) < 4.78 is 2.63. The number of hydrogen-bond acceptors (Lipinski definition) is 2. The second-order valence-corrected chi connectivity index (χ2v) is 18.3. The highest BCUT2D eigenvalue weighted by molar-refractivity contribution is 7.27. The molecule has 1 aromatic heterocycles. The SMILES string of the molecule is CC1(C)c2ccccc2-c2ccc(N(c3ccc4c(c3)C(C)(C)c3ccccc3-4)c3cc(-c4ccccc4)cc4c3sc3c5ccccc5c5ccccc5c43)cc21. The van der Waals surface area contributed by atoms with Crippen LogP contribution in [-0.4, -0.2) is 0 Å². The summed E-state index contributed by atoms with van der Waals surface area (Å²) in [6.45, 7) is 9.55. The highest BCUT2D eigenvalue weighted by Crippen LogP contribution is 2.55. The van der Waals surface area contributed by atoms with Crippen molar-refractivity contribution in [2.75, 3.05) is 4.90 Å². The van der Waals surface area contributed by atoms with E-state index < -0.39 is 0 Å². The summed E-state index contributed by atoms with van der Waals surface area (Å²) in [6.07, 6.45) is 0. The largest absolute Gasteiger partial charge is 0.309 e. The zero-order chi connectivity index (χ0) is 38.9. The molecule has 10 aromatic rings. The molecule has 0 N–H and O–H groups in total. The summed E-state index contributed by atoms with van der Waals surface area (Å²) >= 11 is 1.94. The molecule has 0 saturated heterocycles. The molecule has 2 aliphatic rings. The first-order valence-corrected chi connectivity index (χ1v) is 21.2. The quantitative estimate of drug-likeness (QED) is 0.162. The van der Waals surface area contributed by atoms with Crippen molar-refractivity contribution < 1.29 is 0 Å². The van der Waals surface area contributed by atoms with Gasteiger partial charge < -0.3 is 4.90 Å². The first-order chi connectivity index (χ1) is 28.3. The van der Waals surface area contributed by atoms with Crippen molar-refractivity contribution in [3.05, 3.63) is 198 Å². The Bertz CT molecular complexity index is 3240. The van der Waals surface area contributed by atoms with Crippen LogP contribution in [0.2, 0.25) is 0 Å². The van der Waals surface area contributed by atoms with Gasteiger partial charge in [0.15, 0.2) is 0 Å². The van der Waals surface area contributed by atoms with Gasteiger partial charge in [-0.25, -0.2) is 0 Å². The first kappa shape index (κ1) is 33.6. The molecule has 2 aliphatic carbocycles. The van der Waals surface area contributed by atoms with Crippen LogP contribution in [0.3, 0.4) is 0 Å². The third-order valence-corrected chi connectivity index (χ3v) is 14.7. The molecule has 0 bridgehead atoms. The molecule has 0 spiro atoms. The summed E-state index contributed by atoms with van der Waals surface area (Å²) in [4.78, 5) is 2.58. The predicted octanol–water partition coefficient (Wildman–Crippen LogP) is 16.1. The molecule has 2 heteroatoms. The summed E-state index contributed by atoms with van der Waals surface area (Å²) in [5.74, 6) is 0. The fourth-order valence-corrected chi connectivity index (χ4v) is 11.9. The lowest BCUT2D eigenvalue weighted by molar-refractivity contribution is 0.660. The number of hydrogen-bond donors (Lipinski definition) is 0. The number of rotatable bonds is 4. The van der Waals surface area contributed by atoms with Crippen LogP contribution in [0, 0.1) is 0 Å². The van der Waals surface area contributed by atoms with Gasteiger partial charge in [-0.05, 0) is 108 Å². The van der Waals surface area contributed by atoms with E-state index in [2.05, 4.69) is 209 Å². The van der Waals surface area contributed by atoms with Crippen molar-refractivity contribution in [1.82, 2.24) is 0 Å². The molecular formula is C56H41NS. The summed E-state index contributed by atoms with van der Waals surface area (Å²) in [5.41, 5.74) is 16.6. The molecule has 0 radical (unpaired) electrons. The number of fused-ring (bicyclic) bond motifs is 14. The Morgan fingerprint density at radius 2 is 0.845 bits per heavy atom. The van der Waals surface area contributed by atoms with Crippen LogP contribution in [0.5, 0.6) is 0 Å². The van der Waals surface area contributed by atoms with Gasteiger partial charge in [-0.2, -0.15) is 0 Å². The Labute approximate surface area is 343 Å². The monoisotopic (exact) mass is 759 g/mol. The minimum atomic E-state index is -0.133. The summed E-state index contributed by atoms with van der Waals surface area (Å²) in [7, 11) is 0. The van der Waals surface area contributed by atoms with Gasteiger partial charge in [-0.3, -0.25) is 0 Å². The normalized spacial score (nSPS) is 14.5. The maximum absolute atomic E-state index is 2.58. The van der Waals surface area contributed by atoms with E-state index in [0.29, 0.717) is 0 Å². The molecular weight excluding hydrogens is 719 g/mol. The predicted molar refractivity (Wildman–Crippen MR) is 250 cm³/mol. The fraction of sp³-hybridized carbons (Fsp3) is 0.107. The van der Waals surface area contributed by atoms with Gasteiger partial charge in [-0.15, -0.1) is 11.3 Å². The van der Waals surface area contributed by atoms with E-state index in [4.69, 9.17) is 0 Å². The molecule has 58 heavy (non-hydrogen) atoms. The summed E-state index contributed by atoms with van der Waals surface area (Å²) in [6, 6.07) is 66.2. The van der Waals surface area contributed by atoms with Gasteiger partial charge in [0.2, 0.25) is 0 Å². The highest BCUT2D eigenvalue weighted by atomic mass is 32.1. The second kappa shape index (κ2) is 12.0. The molecule has 0 saturated carbocycles. The molecule has 0 amide bonds. The van der Waals surface area contributed by atoms with Gasteiger partial charge in [0.1, 0.15) is 0 Å². The molecule has 0 fully saturated rings. The van der Waals surface area contributed by atoms with Crippen molar-refractivity contribution in [3.63, 3.8) is 0 Å². The van der Waals surface area contributed by atoms with Crippen LogP contribution in [-0.2, 0) is 10.8 Å². The number of anilines is 3. The van der Waals surface area contributed by atoms with Crippen molar-refractivity contribution in [1.29, 1.82) is 0 Å². The molecule has 0 unspecified atom stereocenters. The average molecular weight is 760 g/mol. The number of thiophene rings is 1. The van der Waals surface area contributed by atoms with Crippen LogP contribution < -0.4 is 4.90 Å². The van der Waals surface area contributed by atoms with Crippen molar-refractivity contribution in [2.45, 2.75) is 38.5 Å². The Morgan fingerprint density at radius 1 is 0.362 bits per heavy atom. The second-order valence-electron chi connectivity index (χ2n) is 17.3. The van der Waals surface area contributed by atoms with Gasteiger partial charge in [-0.1, -0.05) is 167 Å². The number of nitrogens with zero attached hydrogens (tertiary/aromatic N) is 1. The van der Waals surface area contributed by atoms with E-state index in [1.54, 1.807) is 0 Å². The fourth-order valence-electron chi connectivity index (χ4n) is 10.5. The smallest absolute Gasteiger partial charge is 0.0646 e. The molecule has 276 valence electrons.